The fourth-order valence-corrected chi connectivity index (χ4v) is 3.22. The Morgan fingerprint density at radius 2 is 1.84 bits per heavy atom. The van der Waals surface area contributed by atoms with Crippen molar-refractivity contribution in [3.63, 3.8) is 0 Å². The fourth-order valence-electron chi connectivity index (χ4n) is 1.54. The SMILES string of the molecule is NC(=S)c1ccc(Nc2ccc(Cl)cc2Br)cc1Br. The van der Waals surface area contributed by atoms with Crippen molar-refractivity contribution in [3.05, 3.63) is 55.9 Å². The summed E-state index contributed by atoms with van der Waals surface area (Å²) < 4.78 is 1.75. The Morgan fingerprint density at radius 1 is 1.11 bits per heavy atom. The van der Waals surface area contributed by atoms with Gasteiger partial charge in [0.2, 0.25) is 0 Å². The first-order valence-electron chi connectivity index (χ1n) is 5.29. The number of rotatable bonds is 3. The van der Waals surface area contributed by atoms with Crippen molar-refractivity contribution in [1.82, 2.24) is 0 Å². The summed E-state index contributed by atoms with van der Waals surface area (Å²) in [7, 11) is 0. The molecule has 0 atom stereocenters. The van der Waals surface area contributed by atoms with E-state index in [-0.39, 0.29) is 0 Å². The van der Waals surface area contributed by atoms with Crippen LogP contribution in [0.4, 0.5) is 11.4 Å². The van der Waals surface area contributed by atoms with Gasteiger partial charge in [-0.3, -0.25) is 0 Å². The van der Waals surface area contributed by atoms with E-state index in [4.69, 9.17) is 29.6 Å². The Kier molecular flexibility index (Phi) is 4.84. The quantitative estimate of drug-likeness (QED) is 0.667. The molecular weight excluding hydrogens is 411 g/mol. The molecule has 0 aromatic heterocycles. The molecule has 0 aliphatic rings. The molecule has 0 saturated heterocycles. The topological polar surface area (TPSA) is 38.0 Å². The number of nitrogens with two attached hydrogens (primary N) is 1. The minimum absolute atomic E-state index is 0.367. The predicted molar refractivity (Wildman–Crippen MR) is 92.5 cm³/mol. The minimum Gasteiger partial charge on any atom is -0.389 e. The lowest BCUT2D eigenvalue weighted by Crippen LogP contribution is -2.10. The molecule has 0 aliphatic carbocycles. The standard InChI is InChI=1S/C13H9Br2ClN2S/c14-10-6-8(2-3-9(10)13(17)19)18-12-4-1-7(16)5-11(12)15/h1-6,18H,(H2,17,19). The number of anilines is 2. The van der Waals surface area contributed by atoms with Crippen LogP contribution in [0.5, 0.6) is 0 Å². The smallest absolute Gasteiger partial charge is 0.105 e. The maximum atomic E-state index is 5.91. The number of hydrogen-bond acceptors (Lipinski definition) is 2. The molecule has 0 aliphatic heterocycles. The van der Waals surface area contributed by atoms with Gasteiger partial charge in [0.15, 0.2) is 0 Å². The number of halogens is 3. The third kappa shape index (κ3) is 3.69. The third-order valence-electron chi connectivity index (χ3n) is 2.44. The lowest BCUT2D eigenvalue weighted by Gasteiger charge is -2.11. The zero-order valence-corrected chi connectivity index (χ0v) is 14.3. The van der Waals surface area contributed by atoms with Gasteiger partial charge in [-0.15, -0.1) is 0 Å². The Hall–Kier alpha value is -0.620. The highest BCUT2D eigenvalue weighted by Gasteiger charge is 2.06. The Labute approximate surface area is 138 Å². The summed E-state index contributed by atoms with van der Waals surface area (Å²) in [6, 6.07) is 11.3. The van der Waals surface area contributed by atoms with Crippen LogP contribution in [0.2, 0.25) is 5.02 Å². The van der Waals surface area contributed by atoms with Crippen LogP contribution in [0.3, 0.4) is 0 Å². The van der Waals surface area contributed by atoms with Crippen LogP contribution in [0.25, 0.3) is 0 Å². The van der Waals surface area contributed by atoms with Crippen LogP contribution in [-0.2, 0) is 0 Å². The van der Waals surface area contributed by atoms with Crippen LogP contribution in [-0.4, -0.2) is 4.99 Å². The van der Waals surface area contributed by atoms with Gasteiger partial charge in [0.05, 0.1) is 5.69 Å². The molecule has 2 rings (SSSR count). The zero-order chi connectivity index (χ0) is 14.0. The van der Waals surface area contributed by atoms with E-state index in [1.54, 1.807) is 0 Å². The van der Waals surface area contributed by atoms with Crippen LogP contribution < -0.4 is 11.1 Å². The second-order valence-corrected chi connectivity index (χ2v) is 6.39. The molecule has 2 aromatic carbocycles. The molecule has 0 unspecified atom stereocenters. The van der Waals surface area contributed by atoms with Gasteiger partial charge < -0.3 is 11.1 Å². The van der Waals surface area contributed by atoms with Gasteiger partial charge in [-0.05, 0) is 68.3 Å². The minimum atomic E-state index is 0.367. The van der Waals surface area contributed by atoms with Gasteiger partial charge in [-0.1, -0.05) is 23.8 Å². The van der Waals surface area contributed by atoms with Gasteiger partial charge in [-0.25, -0.2) is 0 Å². The summed E-state index contributed by atoms with van der Waals surface area (Å²) in [5.74, 6) is 0. The molecule has 2 aromatic rings. The molecule has 0 heterocycles. The van der Waals surface area contributed by atoms with E-state index in [0.717, 1.165) is 25.9 Å². The molecule has 0 saturated carbocycles. The molecule has 0 radical (unpaired) electrons. The van der Waals surface area contributed by atoms with Crippen molar-refractivity contribution in [2.45, 2.75) is 0 Å². The summed E-state index contributed by atoms with van der Waals surface area (Å²) in [6.07, 6.45) is 0. The first-order chi connectivity index (χ1) is 8.97. The number of hydrogen-bond donors (Lipinski definition) is 2. The van der Waals surface area contributed by atoms with E-state index >= 15 is 0 Å². The molecule has 2 nitrogen and oxygen atoms in total. The Bertz CT molecular complexity index is 647. The van der Waals surface area contributed by atoms with Gasteiger partial charge in [0.25, 0.3) is 0 Å². The third-order valence-corrected chi connectivity index (χ3v) is 4.21. The normalized spacial score (nSPS) is 10.3. The van der Waals surface area contributed by atoms with E-state index in [2.05, 4.69) is 37.2 Å². The molecular formula is C13H9Br2ClN2S. The average molecular weight is 421 g/mol. The van der Waals surface area contributed by atoms with Crippen molar-refractivity contribution in [2.24, 2.45) is 5.73 Å². The molecule has 0 spiro atoms. The summed E-state index contributed by atoms with van der Waals surface area (Å²) in [5, 5.41) is 3.97. The van der Waals surface area contributed by atoms with Gasteiger partial charge in [0, 0.05) is 25.2 Å². The second kappa shape index (κ2) is 6.22. The lowest BCUT2D eigenvalue weighted by atomic mass is 10.2. The van der Waals surface area contributed by atoms with E-state index in [1.165, 1.54) is 0 Å². The van der Waals surface area contributed by atoms with Crippen molar-refractivity contribution < 1.29 is 0 Å². The first kappa shape index (κ1) is 14.8. The van der Waals surface area contributed by atoms with Crippen molar-refractivity contribution >= 4 is 72.0 Å². The molecule has 0 fully saturated rings. The molecule has 98 valence electrons. The summed E-state index contributed by atoms with van der Waals surface area (Å²) in [4.78, 5) is 0.367. The Balaban J connectivity index is 2.29. The second-order valence-electron chi connectivity index (χ2n) is 3.81. The van der Waals surface area contributed by atoms with Crippen molar-refractivity contribution in [2.75, 3.05) is 5.32 Å². The molecule has 6 heteroatoms. The van der Waals surface area contributed by atoms with E-state index in [9.17, 15) is 0 Å². The largest absolute Gasteiger partial charge is 0.389 e. The van der Waals surface area contributed by atoms with E-state index < -0.39 is 0 Å². The van der Waals surface area contributed by atoms with Crippen LogP contribution in [0, 0.1) is 0 Å². The highest BCUT2D eigenvalue weighted by molar-refractivity contribution is 9.11. The van der Waals surface area contributed by atoms with Gasteiger partial charge >= 0.3 is 0 Å². The van der Waals surface area contributed by atoms with Crippen LogP contribution in [0.1, 0.15) is 5.56 Å². The summed E-state index contributed by atoms with van der Waals surface area (Å²) >= 11 is 17.8. The molecule has 19 heavy (non-hydrogen) atoms. The zero-order valence-electron chi connectivity index (χ0n) is 9.58. The number of nitrogens with one attached hydrogen (secondary N) is 1. The predicted octanol–water partition coefficient (Wildman–Crippen LogP) is 5.24. The maximum absolute atomic E-state index is 5.91. The highest BCUT2D eigenvalue weighted by atomic mass is 79.9. The number of thiocarbonyl (C=S) groups is 1. The summed E-state index contributed by atoms with van der Waals surface area (Å²) in [6.45, 7) is 0. The van der Waals surface area contributed by atoms with Crippen molar-refractivity contribution in [1.29, 1.82) is 0 Å². The molecule has 3 N–H and O–H groups in total. The fraction of sp³-hybridized carbons (Fsp3) is 0. The average Bonchev–Trinajstić information content (AvgIpc) is 2.32. The van der Waals surface area contributed by atoms with Gasteiger partial charge in [0.1, 0.15) is 4.99 Å². The van der Waals surface area contributed by atoms with Gasteiger partial charge in [-0.2, -0.15) is 0 Å². The Morgan fingerprint density at radius 3 is 2.42 bits per heavy atom. The van der Waals surface area contributed by atoms with E-state index in [0.29, 0.717) is 10.0 Å². The van der Waals surface area contributed by atoms with Crippen molar-refractivity contribution in [3.8, 4) is 0 Å². The first-order valence-corrected chi connectivity index (χ1v) is 7.66. The van der Waals surface area contributed by atoms with Crippen LogP contribution >= 0.6 is 55.7 Å². The summed E-state index contributed by atoms with van der Waals surface area (Å²) in [5.41, 5.74) is 8.29. The maximum Gasteiger partial charge on any atom is 0.105 e. The highest BCUT2D eigenvalue weighted by Crippen LogP contribution is 2.30. The van der Waals surface area contributed by atoms with E-state index in [1.807, 2.05) is 36.4 Å². The number of benzene rings is 2. The molecule has 0 bridgehead atoms. The van der Waals surface area contributed by atoms with Crippen LogP contribution in [0.15, 0.2) is 45.3 Å². The monoisotopic (exact) mass is 418 g/mol. The lowest BCUT2D eigenvalue weighted by molar-refractivity contribution is 1.50. The molecule has 0 amide bonds.